The molecule has 1 aromatic rings. The minimum absolute atomic E-state index is 0.321. The lowest BCUT2D eigenvalue weighted by atomic mass is 10.4. The first-order valence-corrected chi connectivity index (χ1v) is 6.64. The van der Waals surface area contributed by atoms with Crippen LogP contribution in [0.25, 0.3) is 0 Å². The van der Waals surface area contributed by atoms with E-state index in [2.05, 4.69) is 0 Å². The lowest BCUT2D eigenvalue weighted by Crippen LogP contribution is -2.28. The second kappa shape index (κ2) is 4.15. The van der Waals surface area contributed by atoms with Gasteiger partial charge >= 0.3 is 5.97 Å². The zero-order valence-electron chi connectivity index (χ0n) is 9.29. The van der Waals surface area contributed by atoms with Crippen LogP contribution in [0.3, 0.4) is 0 Å². The number of carboxylic acids is 1. The van der Waals surface area contributed by atoms with E-state index in [0.29, 0.717) is 12.5 Å². The van der Waals surface area contributed by atoms with E-state index < -0.39 is 16.0 Å². The molecule has 0 amide bonds. The van der Waals surface area contributed by atoms with E-state index in [1.54, 1.807) is 0 Å². The SMILES string of the molecule is CN(CC1CC1)S(=O)(=O)c1ccc(C(=O)O)o1. The number of hydrogen-bond donors (Lipinski definition) is 1. The highest BCUT2D eigenvalue weighted by Gasteiger charge is 2.31. The van der Waals surface area contributed by atoms with Crippen LogP contribution >= 0.6 is 0 Å². The second-order valence-electron chi connectivity index (χ2n) is 4.15. The normalized spacial score (nSPS) is 16.4. The Labute approximate surface area is 98.9 Å². The Balaban J connectivity index is 2.20. The molecule has 0 bridgehead atoms. The van der Waals surface area contributed by atoms with E-state index in [0.717, 1.165) is 18.9 Å². The molecule has 0 saturated heterocycles. The van der Waals surface area contributed by atoms with Gasteiger partial charge in [0, 0.05) is 13.6 Å². The number of rotatable bonds is 5. The Kier molecular flexibility index (Phi) is 2.96. The summed E-state index contributed by atoms with van der Waals surface area (Å²) in [6.45, 7) is 0.450. The smallest absolute Gasteiger partial charge is 0.371 e. The fraction of sp³-hybridized carbons (Fsp3) is 0.500. The van der Waals surface area contributed by atoms with Crippen LogP contribution in [0.5, 0.6) is 0 Å². The van der Waals surface area contributed by atoms with Crippen molar-refractivity contribution >= 4 is 16.0 Å². The molecule has 0 spiro atoms. The van der Waals surface area contributed by atoms with Crippen molar-refractivity contribution in [3.63, 3.8) is 0 Å². The molecule has 7 heteroatoms. The standard InChI is InChI=1S/C10H13NO5S/c1-11(6-7-2-3-7)17(14,15)9-5-4-8(16-9)10(12)13/h4-5,7H,2-3,6H2,1H3,(H,12,13). The van der Waals surface area contributed by atoms with Gasteiger partial charge in [-0.15, -0.1) is 0 Å². The minimum Gasteiger partial charge on any atom is -0.475 e. The fourth-order valence-corrected chi connectivity index (χ4v) is 2.64. The summed E-state index contributed by atoms with van der Waals surface area (Å²) in [6.07, 6.45) is 2.08. The fourth-order valence-electron chi connectivity index (χ4n) is 1.49. The summed E-state index contributed by atoms with van der Waals surface area (Å²) in [5.74, 6) is -1.23. The maximum Gasteiger partial charge on any atom is 0.371 e. The number of hydrogen-bond acceptors (Lipinski definition) is 4. The first-order chi connectivity index (χ1) is 7.91. The Morgan fingerprint density at radius 3 is 2.65 bits per heavy atom. The van der Waals surface area contributed by atoms with E-state index in [1.807, 2.05) is 0 Å². The Morgan fingerprint density at radius 2 is 2.18 bits per heavy atom. The molecule has 1 N–H and O–H groups in total. The highest BCUT2D eigenvalue weighted by atomic mass is 32.2. The van der Waals surface area contributed by atoms with Crippen LogP contribution in [0.4, 0.5) is 0 Å². The lowest BCUT2D eigenvalue weighted by molar-refractivity contribution is 0.0656. The number of nitrogens with zero attached hydrogens (tertiary/aromatic N) is 1. The molecule has 1 aliphatic carbocycles. The first-order valence-electron chi connectivity index (χ1n) is 5.20. The highest BCUT2D eigenvalue weighted by Crippen LogP contribution is 2.31. The van der Waals surface area contributed by atoms with Gasteiger partial charge in [0.2, 0.25) is 10.9 Å². The minimum atomic E-state index is -3.70. The lowest BCUT2D eigenvalue weighted by Gasteiger charge is -2.14. The van der Waals surface area contributed by atoms with Crippen molar-refractivity contribution in [2.24, 2.45) is 5.92 Å². The van der Waals surface area contributed by atoms with Crippen molar-refractivity contribution in [2.45, 2.75) is 17.9 Å². The summed E-state index contributed by atoms with van der Waals surface area (Å²) in [4.78, 5) is 10.6. The van der Waals surface area contributed by atoms with Crippen molar-refractivity contribution in [1.82, 2.24) is 4.31 Å². The topological polar surface area (TPSA) is 87.8 Å². The van der Waals surface area contributed by atoms with E-state index in [-0.39, 0.29) is 10.9 Å². The van der Waals surface area contributed by atoms with Gasteiger partial charge in [0.25, 0.3) is 10.0 Å². The number of sulfonamides is 1. The molecule has 0 aromatic carbocycles. The second-order valence-corrected chi connectivity index (χ2v) is 6.13. The molecule has 0 unspecified atom stereocenters. The van der Waals surface area contributed by atoms with Gasteiger partial charge in [0.05, 0.1) is 0 Å². The van der Waals surface area contributed by atoms with Crippen LogP contribution in [0.15, 0.2) is 21.6 Å². The summed E-state index contributed by atoms with van der Waals surface area (Å²) in [6, 6.07) is 2.31. The average Bonchev–Trinajstić information content (AvgIpc) is 2.91. The summed E-state index contributed by atoms with van der Waals surface area (Å²) in [5, 5.41) is 8.33. The van der Waals surface area contributed by atoms with Gasteiger partial charge in [-0.1, -0.05) is 0 Å². The number of carbonyl (C=O) groups is 1. The molecule has 17 heavy (non-hydrogen) atoms. The van der Waals surface area contributed by atoms with Crippen molar-refractivity contribution in [2.75, 3.05) is 13.6 Å². The third kappa shape index (κ3) is 2.50. The van der Waals surface area contributed by atoms with Crippen molar-refractivity contribution in [1.29, 1.82) is 0 Å². The Hall–Kier alpha value is -1.34. The highest BCUT2D eigenvalue weighted by molar-refractivity contribution is 7.89. The van der Waals surface area contributed by atoms with Gasteiger partial charge in [-0.25, -0.2) is 13.2 Å². The molecule has 2 rings (SSSR count). The maximum absolute atomic E-state index is 12.0. The zero-order chi connectivity index (χ0) is 12.6. The molecule has 0 radical (unpaired) electrons. The predicted molar refractivity (Wildman–Crippen MR) is 58.2 cm³/mol. The Morgan fingerprint density at radius 1 is 1.53 bits per heavy atom. The van der Waals surface area contributed by atoms with E-state index in [1.165, 1.54) is 17.4 Å². The molecule has 1 aliphatic rings. The van der Waals surface area contributed by atoms with Crippen LogP contribution in [-0.4, -0.2) is 37.4 Å². The maximum atomic E-state index is 12.0. The van der Waals surface area contributed by atoms with Crippen molar-refractivity contribution < 1.29 is 22.7 Å². The van der Waals surface area contributed by atoms with Crippen LogP contribution in [0, 0.1) is 5.92 Å². The van der Waals surface area contributed by atoms with Crippen LogP contribution in [0.1, 0.15) is 23.4 Å². The van der Waals surface area contributed by atoms with Gasteiger partial charge in [-0.3, -0.25) is 0 Å². The molecule has 94 valence electrons. The van der Waals surface area contributed by atoms with E-state index in [9.17, 15) is 13.2 Å². The quantitative estimate of drug-likeness (QED) is 0.852. The molecule has 1 saturated carbocycles. The Bertz CT molecular complexity index is 529. The molecule has 0 aliphatic heterocycles. The number of furan rings is 1. The van der Waals surface area contributed by atoms with Crippen LogP contribution < -0.4 is 0 Å². The first kappa shape index (κ1) is 12.1. The zero-order valence-corrected chi connectivity index (χ0v) is 10.1. The van der Waals surface area contributed by atoms with Gasteiger partial charge < -0.3 is 9.52 Å². The third-order valence-electron chi connectivity index (χ3n) is 2.67. The largest absolute Gasteiger partial charge is 0.475 e. The van der Waals surface area contributed by atoms with E-state index >= 15 is 0 Å². The van der Waals surface area contributed by atoms with Crippen molar-refractivity contribution in [3.8, 4) is 0 Å². The molecule has 1 fully saturated rings. The third-order valence-corrected chi connectivity index (χ3v) is 4.37. The van der Waals surface area contributed by atoms with Crippen LogP contribution in [-0.2, 0) is 10.0 Å². The summed E-state index contributed by atoms with van der Waals surface area (Å²) >= 11 is 0. The summed E-state index contributed by atoms with van der Waals surface area (Å²) in [7, 11) is -2.23. The molecule has 6 nitrogen and oxygen atoms in total. The van der Waals surface area contributed by atoms with Gasteiger partial charge in [0.15, 0.2) is 0 Å². The van der Waals surface area contributed by atoms with E-state index in [4.69, 9.17) is 9.52 Å². The van der Waals surface area contributed by atoms with Crippen LogP contribution in [0.2, 0.25) is 0 Å². The average molecular weight is 259 g/mol. The molecular weight excluding hydrogens is 246 g/mol. The molecule has 1 aromatic heterocycles. The molecule has 1 heterocycles. The molecule has 0 atom stereocenters. The summed E-state index contributed by atoms with van der Waals surface area (Å²) in [5.41, 5.74) is 0. The number of carboxylic acid groups (broad SMARTS) is 1. The monoisotopic (exact) mass is 259 g/mol. The van der Waals surface area contributed by atoms with Gasteiger partial charge in [-0.05, 0) is 30.9 Å². The number of aromatic carboxylic acids is 1. The van der Waals surface area contributed by atoms with Crippen molar-refractivity contribution in [3.05, 3.63) is 17.9 Å². The van der Waals surface area contributed by atoms with Gasteiger partial charge in [-0.2, -0.15) is 4.31 Å². The summed E-state index contributed by atoms with van der Waals surface area (Å²) < 4.78 is 29.9. The molecular formula is C10H13NO5S. The predicted octanol–water partition coefficient (Wildman–Crippen LogP) is 1.01. The van der Waals surface area contributed by atoms with Gasteiger partial charge in [0.1, 0.15) is 0 Å².